The molecule has 0 radical (unpaired) electrons. The number of nitrogens with zero attached hydrogens (tertiary/aromatic N) is 1. The summed E-state index contributed by atoms with van der Waals surface area (Å²) in [7, 11) is 3.16. The Hall–Kier alpha value is -2.82. The van der Waals surface area contributed by atoms with E-state index in [1.807, 2.05) is 30.3 Å². The highest BCUT2D eigenvalue weighted by atomic mass is 16.5. The lowest BCUT2D eigenvalue weighted by Gasteiger charge is -2.12. The normalized spacial score (nSPS) is 10.5. The van der Waals surface area contributed by atoms with Gasteiger partial charge in [-0.15, -0.1) is 0 Å². The first-order chi connectivity index (χ1) is 10.7. The maximum Gasteiger partial charge on any atom is 0.244 e. The predicted octanol–water partition coefficient (Wildman–Crippen LogP) is 2.43. The number of aromatic nitrogens is 1. The molecule has 1 heterocycles. The van der Waals surface area contributed by atoms with E-state index < -0.39 is 0 Å². The van der Waals surface area contributed by atoms with Gasteiger partial charge in [0.25, 0.3) is 0 Å². The molecule has 1 aromatic heterocycles. The van der Waals surface area contributed by atoms with E-state index in [-0.39, 0.29) is 5.91 Å². The van der Waals surface area contributed by atoms with Crippen molar-refractivity contribution in [1.29, 1.82) is 0 Å². The van der Waals surface area contributed by atoms with Gasteiger partial charge in [0.15, 0.2) is 11.5 Å². The van der Waals surface area contributed by atoms with Gasteiger partial charge < -0.3 is 14.8 Å². The number of nitrogens with one attached hydrogen (secondary N) is 1. The summed E-state index contributed by atoms with van der Waals surface area (Å²) in [6.07, 6.45) is 6.57. The highest BCUT2D eigenvalue weighted by Gasteiger charge is 2.09. The lowest BCUT2D eigenvalue weighted by atomic mass is 10.2. The zero-order chi connectivity index (χ0) is 15.8. The topological polar surface area (TPSA) is 60.5 Å². The molecule has 5 nitrogen and oxygen atoms in total. The Bertz CT molecular complexity index is 654. The van der Waals surface area contributed by atoms with Crippen molar-refractivity contribution < 1.29 is 14.3 Å². The molecule has 1 N–H and O–H groups in total. The summed E-state index contributed by atoms with van der Waals surface area (Å²) < 4.78 is 10.6. The van der Waals surface area contributed by atoms with E-state index in [9.17, 15) is 4.79 Å². The molecule has 0 fully saturated rings. The van der Waals surface area contributed by atoms with Crippen LogP contribution in [0.25, 0.3) is 6.08 Å². The Morgan fingerprint density at radius 3 is 2.77 bits per heavy atom. The fraction of sp³-hybridized carbons (Fsp3) is 0.176. The molecule has 0 bridgehead atoms. The molecular formula is C17H18N2O3. The van der Waals surface area contributed by atoms with Crippen LogP contribution in [0.2, 0.25) is 0 Å². The van der Waals surface area contributed by atoms with Crippen LogP contribution in [-0.4, -0.2) is 25.1 Å². The molecule has 1 amide bonds. The lowest BCUT2D eigenvalue weighted by molar-refractivity contribution is -0.116. The lowest BCUT2D eigenvalue weighted by Crippen LogP contribution is -2.20. The molecule has 5 heteroatoms. The zero-order valence-electron chi connectivity index (χ0n) is 12.6. The standard InChI is InChI=1S/C17H18N2O3/c1-21-15-7-3-6-14(17(15)22-2)12-19-16(20)9-8-13-5-4-10-18-11-13/h3-11H,12H2,1-2H3,(H,19,20)/b9-8+. The molecule has 0 aliphatic carbocycles. The molecule has 0 saturated heterocycles. The molecule has 2 aromatic rings. The molecule has 0 saturated carbocycles. The smallest absolute Gasteiger partial charge is 0.244 e. The van der Waals surface area contributed by atoms with Crippen molar-refractivity contribution in [2.24, 2.45) is 0 Å². The number of pyridine rings is 1. The van der Waals surface area contributed by atoms with Crippen LogP contribution in [-0.2, 0) is 11.3 Å². The van der Waals surface area contributed by atoms with E-state index in [2.05, 4.69) is 10.3 Å². The summed E-state index contributed by atoms with van der Waals surface area (Å²) >= 11 is 0. The molecule has 0 aliphatic heterocycles. The van der Waals surface area contributed by atoms with Crippen molar-refractivity contribution in [3.8, 4) is 11.5 Å². The van der Waals surface area contributed by atoms with E-state index >= 15 is 0 Å². The van der Waals surface area contributed by atoms with Gasteiger partial charge in [0.05, 0.1) is 14.2 Å². The van der Waals surface area contributed by atoms with E-state index in [0.29, 0.717) is 18.0 Å². The Balaban J connectivity index is 1.98. The highest BCUT2D eigenvalue weighted by molar-refractivity contribution is 5.91. The third-order valence-corrected chi connectivity index (χ3v) is 3.05. The molecule has 0 aliphatic rings. The molecule has 0 spiro atoms. The number of para-hydroxylation sites is 1. The van der Waals surface area contributed by atoms with Crippen molar-refractivity contribution in [3.63, 3.8) is 0 Å². The number of methoxy groups -OCH3 is 2. The third kappa shape index (κ3) is 4.09. The molecular weight excluding hydrogens is 280 g/mol. The van der Waals surface area contributed by atoms with Crippen LogP contribution in [0.1, 0.15) is 11.1 Å². The first kappa shape index (κ1) is 15.6. The molecule has 22 heavy (non-hydrogen) atoms. The first-order valence-corrected chi connectivity index (χ1v) is 6.80. The summed E-state index contributed by atoms with van der Waals surface area (Å²) in [5, 5.41) is 2.81. The number of hydrogen-bond donors (Lipinski definition) is 1. The number of carbonyl (C=O) groups is 1. The summed E-state index contributed by atoms with van der Waals surface area (Å²) in [5.74, 6) is 1.08. The second-order valence-electron chi connectivity index (χ2n) is 4.49. The summed E-state index contributed by atoms with van der Waals surface area (Å²) in [4.78, 5) is 15.8. The Kier molecular flexibility index (Phi) is 5.54. The van der Waals surface area contributed by atoms with E-state index in [1.165, 1.54) is 6.08 Å². The molecule has 2 rings (SSSR count). The van der Waals surface area contributed by atoms with Crippen molar-refractivity contribution in [2.45, 2.75) is 6.54 Å². The van der Waals surface area contributed by atoms with Crippen LogP contribution in [0.5, 0.6) is 11.5 Å². The van der Waals surface area contributed by atoms with Gasteiger partial charge >= 0.3 is 0 Å². The number of amides is 1. The Morgan fingerprint density at radius 2 is 2.09 bits per heavy atom. The molecule has 114 valence electrons. The van der Waals surface area contributed by atoms with Gasteiger partial charge in [-0.2, -0.15) is 0 Å². The van der Waals surface area contributed by atoms with Crippen LogP contribution < -0.4 is 14.8 Å². The number of hydrogen-bond acceptors (Lipinski definition) is 4. The third-order valence-electron chi connectivity index (χ3n) is 3.05. The van der Waals surface area contributed by atoms with Gasteiger partial charge in [0, 0.05) is 30.6 Å². The Labute approximate surface area is 129 Å². The molecule has 0 unspecified atom stereocenters. The van der Waals surface area contributed by atoms with Crippen LogP contribution >= 0.6 is 0 Å². The second-order valence-corrected chi connectivity index (χ2v) is 4.49. The molecule has 0 atom stereocenters. The number of benzene rings is 1. The summed E-state index contributed by atoms with van der Waals surface area (Å²) in [6, 6.07) is 9.24. The van der Waals surface area contributed by atoms with Gasteiger partial charge in [-0.3, -0.25) is 9.78 Å². The quantitative estimate of drug-likeness (QED) is 0.832. The minimum Gasteiger partial charge on any atom is -0.493 e. The Morgan fingerprint density at radius 1 is 1.23 bits per heavy atom. The highest BCUT2D eigenvalue weighted by Crippen LogP contribution is 2.30. The molecule has 1 aromatic carbocycles. The second kappa shape index (κ2) is 7.83. The van der Waals surface area contributed by atoms with Gasteiger partial charge in [0.1, 0.15) is 0 Å². The largest absolute Gasteiger partial charge is 0.493 e. The maximum atomic E-state index is 11.9. The van der Waals surface area contributed by atoms with Gasteiger partial charge in [-0.1, -0.05) is 18.2 Å². The van der Waals surface area contributed by atoms with Gasteiger partial charge in [-0.25, -0.2) is 0 Å². The van der Waals surface area contributed by atoms with E-state index in [1.54, 1.807) is 32.7 Å². The predicted molar refractivity (Wildman–Crippen MR) is 84.7 cm³/mol. The number of carbonyl (C=O) groups excluding carboxylic acids is 1. The van der Waals surface area contributed by atoms with Crippen molar-refractivity contribution in [2.75, 3.05) is 14.2 Å². The SMILES string of the molecule is COc1cccc(CNC(=O)/C=C/c2cccnc2)c1OC. The summed E-state index contributed by atoms with van der Waals surface area (Å²) in [6.45, 7) is 0.358. The van der Waals surface area contributed by atoms with Crippen LogP contribution in [0.4, 0.5) is 0 Å². The fourth-order valence-corrected chi connectivity index (χ4v) is 1.98. The fourth-order valence-electron chi connectivity index (χ4n) is 1.98. The van der Waals surface area contributed by atoms with Crippen molar-refractivity contribution >= 4 is 12.0 Å². The average molecular weight is 298 g/mol. The van der Waals surface area contributed by atoms with Gasteiger partial charge in [-0.05, 0) is 23.8 Å². The average Bonchev–Trinajstić information content (AvgIpc) is 2.58. The summed E-state index contributed by atoms with van der Waals surface area (Å²) in [5.41, 5.74) is 1.72. The zero-order valence-corrected chi connectivity index (χ0v) is 12.6. The van der Waals surface area contributed by atoms with Crippen LogP contribution in [0, 0.1) is 0 Å². The monoisotopic (exact) mass is 298 g/mol. The van der Waals surface area contributed by atoms with E-state index in [4.69, 9.17) is 9.47 Å². The maximum absolute atomic E-state index is 11.9. The minimum atomic E-state index is -0.186. The number of ether oxygens (including phenoxy) is 2. The van der Waals surface area contributed by atoms with E-state index in [0.717, 1.165) is 11.1 Å². The first-order valence-electron chi connectivity index (χ1n) is 6.80. The van der Waals surface area contributed by atoms with Crippen molar-refractivity contribution in [1.82, 2.24) is 10.3 Å². The number of rotatable bonds is 6. The van der Waals surface area contributed by atoms with Crippen LogP contribution in [0.3, 0.4) is 0 Å². The minimum absolute atomic E-state index is 0.186. The van der Waals surface area contributed by atoms with Crippen molar-refractivity contribution in [3.05, 3.63) is 59.9 Å². The van der Waals surface area contributed by atoms with Crippen LogP contribution in [0.15, 0.2) is 48.8 Å². The van der Waals surface area contributed by atoms with Gasteiger partial charge in [0.2, 0.25) is 5.91 Å².